The number of nitrogen functional groups attached to an aromatic ring is 1. The summed E-state index contributed by atoms with van der Waals surface area (Å²) in [6, 6.07) is 22.9. The molecule has 0 atom stereocenters. The summed E-state index contributed by atoms with van der Waals surface area (Å²) in [6.07, 6.45) is 0. The Hall–Kier alpha value is -4.43. The molecule has 8 heteroatoms. The highest BCUT2D eigenvalue weighted by molar-refractivity contribution is 7.92. The van der Waals surface area contributed by atoms with Gasteiger partial charge in [0.1, 0.15) is 5.75 Å². The number of nitrogens with two attached hydrogens (primary N) is 1. The maximum absolute atomic E-state index is 13.5. The first-order chi connectivity index (χ1) is 16.8. The average molecular weight is 485 g/mol. The van der Waals surface area contributed by atoms with Gasteiger partial charge in [0.25, 0.3) is 10.0 Å². The molecule has 4 aromatic rings. The van der Waals surface area contributed by atoms with E-state index in [9.17, 15) is 18.0 Å². The monoisotopic (exact) mass is 484 g/mol. The van der Waals surface area contributed by atoms with Gasteiger partial charge < -0.3 is 10.5 Å². The molecule has 5 rings (SSSR count). The summed E-state index contributed by atoms with van der Waals surface area (Å²) in [5, 5.41) is 0. The van der Waals surface area contributed by atoms with Crippen LogP contribution < -0.4 is 15.2 Å². The van der Waals surface area contributed by atoms with Crippen LogP contribution in [0.25, 0.3) is 0 Å². The zero-order chi connectivity index (χ0) is 24.7. The Balaban J connectivity index is 1.73. The minimum atomic E-state index is -4.11. The fraction of sp³-hybridized carbons (Fsp3) is 0.0370. The Kier molecular flexibility index (Phi) is 5.37. The van der Waals surface area contributed by atoms with Gasteiger partial charge in [-0.15, -0.1) is 0 Å². The molecular formula is C27H20N2O5S. The first kappa shape index (κ1) is 22.4. The van der Waals surface area contributed by atoms with Gasteiger partial charge in [0.15, 0.2) is 17.3 Å². The fourth-order valence-electron chi connectivity index (χ4n) is 4.13. The van der Waals surface area contributed by atoms with Crippen molar-refractivity contribution in [1.29, 1.82) is 0 Å². The van der Waals surface area contributed by atoms with Gasteiger partial charge in [-0.25, -0.2) is 8.42 Å². The first-order valence-electron chi connectivity index (χ1n) is 10.7. The van der Waals surface area contributed by atoms with Crippen LogP contribution >= 0.6 is 0 Å². The van der Waals surface area contributed by atoms with E-state index in [1.165, 1.54) is 18.2 Å². The molecule has 1 aliphatic carbocycles. The number of hydrogen-bond donors (Lipinski definition) is 2. The molecule has 35 heavy (non-hydrogen) atoms. The Morgan fingerprint density at radius 1 is 0.771 bits per heavy atom. The fourth-order valence-corrected chi connectivity index (χ4v) is 5.44. The molecule has 0 fully saturated rings. The molecule has 3 N–H and O–H groups in total. The quantitative estimate of drug-likeness (QED) is 0.341. The third-order valence-corrected chi connectivity index (χ3v) is 7.32. The van der Waals surface area contributed by atoms with E-state index >= 15 is 0 Å². The number of ketones is 2. The number of carbonyl (C=O) groups is 2. The third kappa shape index (κ3) is 3.83. The predicted octanol–water partition coefficient (Wildman–Crippen LogP) is 4.95. The summed E-state index contributed by atoms with van der Waals surface area (Å²) in [7, 11) is -4.11. The summed E-state index contributed by atoms with van der Waals surface area (Å²) in [4.78, 5) is 27.0. The molecule has 0 saturated carbocycles. The van der Waals surface area contributed by atoms with E-state index in [2.05, 4.69) is 4.72 Å². The van der Waals surface area contributed by atoms with Gasteiger partial charge in [-0.1, -0.05) is 60.7 Å². The van der Waals surface area contributed by atoms with Crippen LogP contribution in [-0.4, -0.2) is 20.0 Å². The number of benzene rings is 4. The van der Waals surface area contributed by atoms with Gasteiger partial charge in [-0.3, -0.25) is 14.3 Å². The van der Waals surface area contributed by atoms with E-state index in [0.29, 0.717) is 11.3 Å². The lowest BCUT2D eigenvalue weighted by molar-refractivity contribution is 0.0980. The highest BCUT2D eigenvalue weighted by Crippen LogP contribution is 2.42. The highest BCUT2D eigenvalue weighted by Gasteiger charge is 2.36. The number of para-hydroxylation sites is 1. The van der Waals surface area contributed by atoms with E-state index in [4.69, 9.17) is 10.5 Å². The summed E-state index contributed by atoms with van der Waals surface area (Å²) < 4.78 is 35.0. The van der Waals surface area contributed by atoms with E-state index in [-0.39, 0.29) is 44.3 Å². The van der Waals surface area contributed by atoms with E-state index in [1.807, 2.05) is 6.07 Å². The van der Waals surface area contributed by atoms with Crippen LogP contribution in [0.2, 0.25) is 0 Å². The molecule has 0 saturated heterocycles. The maximum atomic E-state index is 13.5. The van der Waals surface area contributed by atoms with Crippen molar-refractivity contribution in [3.63, 3.8) is 0 Å². The largest absolute Gasteiger partial charge is 0.455 e. The Bertz CT molecular complexity index is 1610. The van der Waals surface area contributed by atoms with Gasteiger partial charge in [0, 0.05) is 17.2 Å². The minimum absolute atomic E-state index is 0.0458. The molecule has 4 aromatic carbocycles. The van der Waals surface area contributed by atoms with Crippen molar-refractivity contribution >= 4 is 33.0 Å². The molecule has 0 aliphatic heterocycles. The number of rotatable bonds is 5. The summed E-state index contributed by atoms with van der Waals surface area (Å²) in [5.74, 6) is -0.502. The molecule has 174 valence electrons. The van der Waals surface area contributed by atoms with Crippen LogP contribution in [-0.2, 0) is 10.0 Å². The number of fused-ring (bicyclic) bond motifs is 2. The normalized spacial score (nSPS) is 12.6. The van der Waals surface area contributed by atoms with Crippen molar-refractivity contribution in [2.75, 3.05) is 10.5 Å². The van der Waals surface area contributed by atoms with Crippen LogP contribution in [0.4, 0.5) is 11.4 Å². The number of aryl methyl sites for hydroxylation is 1. The van der Waals surface area contributed by atoms with Crippen molar-refractivity contribution in [3.8, 4) is 11.5 Å². The van der Waals surface area contributed by atoms with Crippen molar-refractivity contribution < 1.29 is 22.7 Å². The predicted molar refractivity (Wildman–Crippen MR) is 133 cm³/mol. The second-order valence-corrected chi connectivity index (χ2v) is 9.73. The molecule has 0 spiro atoms. The number of sulfonamides is 1. The van der Waals surface area contributed by atoms with Crippen molar-refractivity contribution in [3.05, 3.63) is 113 Å². The number of hydrogen-bond acceptors (Lipinski definition) is 6. The second kappa shape index (κ2) is 8.41. The second-order valence-electron chi connectivity index (χ2n) is 8.08. The molecule has 0 amide bonds. The number of anilines is 2. The lowest BCUT2D eigenvalue weighted by Crippen LogP contribution is -2.25. The lowest BCUT2D eigenvalue weighted by atomic mass is 9.82. The van der Waals surface area contributed by atoms with E-state index in [1.54, 1.807) is 67.6 Å². The maximum Gasteiger partial charge on any atom is 0.262 e. The van der Waals surface area contributed by atoms with Crippen molar-refractivity contribution in [1.82, 2.24) is 0 Å². The van der Waals surface area contributed by atoms with Crippen LogP contribution in [0.1, 0.15) is 37.4 Å². The van der Waals surface area contributed by atoms with Crippen LogP contribution in [0, 0.1) is 6.92 Å². The number of carbonyl (C=O) groups excluding carboxylic acids is 2. The van der Waals surface area contributed by atoms with Crippen LogP contribution in [0.15, 0.2) is 89.8 Å². The van der Waals surface area contributed by atoms with Crippen molar-refractivity contribution in [2.24, 2.45) is 0 Å². The zero-order valence-corrected chi connectivity index (χ0v) is 19.4. The van der Waals surface area contributed by atoms with Gasteiger partial charge in [0.05, 0.1) is 27.4 Å². The van der Waals surface area contributed by atoms with Gasteiger partial charge in [0.2, 0.25) is 0 Å². The Labute approximate surface area is 202 Å². The highest BCUT2D eigenvalue weighted by atomic mass is 32.2. The van der Waals surface area contributed by atoms with Gasteiger partial charge >= 0.3 is 0 Å². The Morgan fingerprint density at radius 3 is 2.00 bits per heavy atom. The summed E-state index contributed by atoms with van der Waals surface area (Å²) in [6.45, 7) is 1.67. The van der Waals surface area contributed by atoms with Crippen LogP contribution in [0.3, 0.4) is 0 Å². The lowest BCUT2D eigenvalue weighted by Gasteiger charge is -2.24. The molecule has 7 nitrogen and oxygen atoms in total. The molecule has 0 unspecified atom stereocenters. The molecule has 0 heterocycles. The molecule has 0 bridgehead atoms. The van der Waals surface area contributed by atoms with E-state index < -0.39 is 21.6 Å². The van der Waals surface area contributed by atoms with Gasteiger partial charge in [-0.05, 0) is 30.7 Å². The molecule has 1 aliphatic rings. The average Bonchev–Trinajstić information content (AvgIpc) is 2.85. The third-order valence-electron chi connectivity index (χ3n) is 5.80. The van der Waals surface area contributed by atoms with E-state index in [0.717, 1.165) is 0 Å². The topological polar surface area (TPSA) is 116 Å². The first-order valence-corrected chi connectivity index (χ1v) is 12.2. The summed E-state index contributed by atoms with van der Waals surface area (Å²) >= 11 is 0. The van der Waals surface area contributed by atoms with Crippen molar-refractivity contribution in [2.45, 2.75) is 11.8 Å². The van der Waals surface area contributed by atoms with Gasteiger partial charge in [-0.2, -0.15) is 0 Å². The smallest absolute Gasteiger partial charge is 0.262 e. The minimum Gasteiger partial charge on any atom is -0.455 e. The molecular weight excluding hydrogens is 464 g/mol. The Morgan fingerprint density at radius 2 is 1.34 bits per heavy atom. The molecule has 0 radical (unpaired) electrons. The molecule has 0 aromatic heterocycles. The van der Waals surface area contributed by atoms with Crippen LogP contribution in [0.5, 0.6) is 11.5 Å². The SMILES string of the molecule is Cc1ccccc1S(=O)(=O)Nc1cc(Oc2ccccc2)c(N)c2c1C(=O)c1ccccc1C2=O. The number of nitrogens with one attached hydrogen (secondary N) is 1. The summed E-state index contributed by atoms with van der Waals surface area (Å²) in [5.41, 5.74) is 6.92. The zero-order valence-electron chi connectivity index (χ0n) is 18.6. The standard InChI is InChI=1S/C27H20N2O5S/c1-16-9-5-8-14-22(16)35(32,33)29-20-15-21(34-17-10-3-2-4-11-17)25(28)24-23(20)26(30)18-12-6-7-13-19(18)27(24)31/h2-15,29H,28H2,1H3. The number of ether oxygens (including phenoxy) is 1.